The van der Waals surface area contributed by atoms with Crippen molar-refractivity contribution in [2.45, 2.75) is 24.8 Å². The lowest BCUT2D eigenvalue weighted by Crippen LogP contribution is -2.08. The van der Waals surface area contributed by atoms with Crippen molar-refractivity contribution in [1.82, 2.24) is 0 Å². The smallest absolute Gasteiger partial charge is 0.0401 e. The molecule has 1 aliphatic heterocycles. The molecule has 0 spiro atoms. The molecule has 0 saturated heterocycles. The molecular weight excluding hydrogens is 166 g/mol. The lowest BCUT2D eigenvalue weighted by atomic mass is 10.0. The fraction of sp³-hybridized carbons (Fsp3) is 0.400. The van der Waals surface area contributed by atoms with Gasteiger partial charge in [0.15, 0.2) is 0 Å². The fourth-order valence-corrected chi connectivity index (χ4v) is 2.67. The molecule has 0 radical (unpaired) electrons. The van der Waals surface area contributed by atoms with Crippen LogP contribution < -0.4 is 5.73 Å². The fourth-order valence-electron chi connectivity index (χ4n) is 1.50. The van der Waals surface area contributed by atoms with Crippen LogP contribution in [0.2, 0.25) is 0 Å². The molecule has 0 aliphatic carbocycles. The van der Waals surface area contributed by atoms with Crippen LogP contribution in [0.15, 0.2) is 17.0 Å². The van der Waals surface area contributed by atoms with Gasteiger partial charge in [-0.05, 0) is 36.6 Å². The highest BCUT2D eigenvalue weighted by molar-refractivity contribution is 7.99. The molecule has 2 heteroatoms. The minimum Gasteiger partial charge on any atom is -0.323 e. The third-order valence-corrected chi connectivity index (χ3v) is 3.63. The molecule has 2 N–H and O–H groups in total. The van der Waals surface area contributed by atoms with Crippen LogP contribution >= 0.6 is 11.8 Å². The Kier molecular flexibility index (Phi) is 1.89. The molecule has 1 atom stereocenters. The maximum absolute atomic E-state index is 5.94. The maximum Gasteiger partial charge on any atom is 0.0401 e. The first-order chi connectivity index (χ1) is 5.68. The first-order valence-electron chi connectivity index (χ1n) is 4.18. The van der Waals surface area contributed by atoms with Crippen LogP contribution in [-0.4, -0.2) is 5.75 Å². The van der Waals surface area contributed by atoms with Gasteiger partial charge in [0.1, 0.15) is 0 Å². The molecule has 2 rings (SSSR count). The summed E-state index contributed by atoms with van der Waals surface area (Å²) < 4.78 is 0. The topological polar surface area (TPSA) is 26.0 Å². The standard InChI is InChI=1S/C10H13NS/c1-6-3-8-9(11)5-12-10(8)4-7(6)2/h3-4,9H,5,11H2,1-2H3. The average Bonchev–Trinajstić information content (AvgIpc) is 2.35. The summed E-state index contributed by atoms with van der Waals surface area (Å²) in [6, 6.07) is 4.74. The number of hydrogen-bond donors (Lipinski definition) is 1. The first-order valence-corrected chi connectivity index (χ1v) is 5.16. The Hall–Kier alpha value is -0.470. The summed E-state index contributed by atoms with van der Waals surface area (Å²) in [7, 11) is 0. The van der Waals surface area contributed by atoms with E-state index >= 15 is 0 Å². The van der Waals surface area contributed by atoms with Crippen molar-refractivity contribution in [2.24, 2.45) is 5.73 Å². The Morgan fingerprint density at radius 1 is 1.33 bits per heavy atom. The van der Waals surface area contributed by atoms with E-state index in [1.807, 2.05) is 11.8 Å². The minimum absolute atomic E-state index is 0.254. The van der Waals surface area contributed by atoms with Crippen molar-refractivity contribution < 1.29 is 0 Å². The number of hydrogen-bond acceptors (Lipinski definition) is 2. The van der Waals surface area contributed by atoms with Gasteiger partial charge in [0.05, 0.1) is 0 Å². The van der Waals surface area contributed by atoms with Crippen LogP contribution in [0.1, 0.15) is 22.7 Å². The van der Waals surface area contributed by atoms with E-state index in [1.54, 1.807) is 0 Å². The number of nitrogens with two attached hydrogens (primary N) is 1. The van der Waals surface area contributed by atoms with E-state index in [2.05, 4.69) is 26.0 Å². The Balaban J connectivity index is 2.56. The molecular formula is C10H13NS. The monoisotopic (exact) mass is 179 g/mol. The zero-order valence-corrected chi connectivity index (χ0v) is 8.24. The Morgan fingerprint density at radius 3 is 2.75 bits per heavy atom. The third kappa shape index (κ3) is 1.15. The van der Waals surface area contributed by atoms with Gasteiger partial charge in [-0.25, -0.2) is 0 Å². The quantitative estimate of drug-likeness (QED) is 0.662. The highest BCUT2D eigenvalue weighted by Crippen LogP contribution is 2.38. The number of thioether (sulfide) groups is 1. The predicted octanol–water partition coefficient (Wildman–Crippen LogP) is 2.41. The van der Waals surface area contributed by atoms with Crippen molar-refractivity contribution in [3.63, 3.8) is 0 Å². The minimum atomic E-state index is 0.254. The lowest BCUT2D eigenvalue weighted by Gasteiger charge is -2.06. The molecule has 0 saturated carbocycles. The van der Waals surface area contributed by atoms with Gasteiger partial charge in [-0.15, -0.1) is 11.8 Å². The summed E-state index contributed by atoms with van der Waals surface area (Å²) in [6.07, 6.45) is 0. The summed E-state index contributed by atoms with van der Waals surface area (Å²) in [5.74, 6) is 1.04. The van der Waals surface area contributed by atoms with Gasteiger partial charge in [0.25, 0.3) is 0 Å². The van der Waals surface area contributed by atoms with E-state index in [9.17, 15) is 0 Å². The van der Waals surface area contributed by atoms with E-state index in [0.717, 1.165) is 5.75 Å². The molecule has 1 aromatic rings. The van der Waals surface area contributed by atoms with Crippen molar-refractivity contribution in [3.8, 4) is 0 Å². The van der Waals surface area contributed by atoms with Gasteiger partial charge in [0, 0.05) is 16.7 Å². The molecule has 1 heterocycles. The second-order valence-electron chi connectivity index (χ2n) is 3.39. The molecule has 12 heavy (non-hydrogen) atoms. The Morgan fingerprint density at radius 2 is 2.00 bits per heavy atom. The summed E-state index contributed by atoms with van der Waals surface area (Å²) in [5, 5.41) is 0. The first kappa shape index (κ1) is 8.14. The molecule has 1 unspecified atom stereocenters. The number of fused-ring (bicyclic) bond motifs is 1. The maximum atomic E-state index is 5.94. The highest BCUT2D eigenvalue weighted by Gasteiger charge is 2.19. The zero-order valence-electron chi connectivity index (χ0n) is 7.42. The summed E-state index contributed by atoms with van der Waals surface area (Å²) in [6.45, 7) is 4.30. The third-order valence-electron chi connectivity index (χ3n) is 2.44. The number of aryl methyl sites for hydroxylation is 2. The van der Waals surface area contributed by atoms with E-state index in [0.29, 0.717) is 0 Å². The number of benzene rings is 1. The normalized spacial score (nSPS) is 21.1. The van der Waals surface area contributed by atoms with Crippen LogP contribution in [0.4, 0.5) is 0 Å². The van der Waals surface area contributed by atoms with Gasteiger partial charge in [0.2, 0.25) is 0 Å². The molecule has 0 amide bonds. The molecule has 1 aromatic carbocycles. The second kappa shape index (κ2) is 2.79. The van der Waals surface area contributed by atoms with E-state index in [4.69, 9.17) is 5.73 Å². The van der Waals surface area contributed by atoms with Crippen molar-refractivity contribution >= 4 is 11.8 Å². The molecule has 1 nitrogen and oxygen atoms in total. The van der Waals surface area contributed by atoms with Crippen molar-refractivity contribution in [3.05, 3.63) is 28.8 Å². The van der Waals surface area contributed by atoms with Crippen LogP contribution in [0.5, 0.6) is 0 Å². The Bertz CT molecular complexity index is 320. The second-order valence-corrected chi connectivity index (χ2v) is 4.45. The van der Waals surface area contributed by atoms with Crippen LogP contribution in [0.25, 0.3) is 0 Å². The highest BCUT2D eigenvalue weighted by atomic mass is 32.2. The molecule has 0 bridgehead atoms. The van der Waals surface area contributed by atoms with Crippen LogP contribution in [0, 0.1) is 13.8 Å². The average molecular weight is 179 g/mol. The van der Waals surface area contributed by atoms with Crippen LogP contribution in [0.3, 0.4) is 0 Å². The van der Waals surface area contributed by atoms with E-state index < -0.39 is 0 Å². The largest absolute Gasteiger partial charge is 0.323 e. The SMILES string of the molecule is Cc1cc2c(cc1C)C(N)CS2. The molecule has 1 aliphatic rings. The van der Waals surface area contributed by atoms with Gasteiger partial charge >= 0.3 is 0 Å². The van der Waals surface area contributed by atoms with Crippen molar-refractivity contribution in [1.29, 1.82) is 0 Å². The lowest BCUT2D eigenvalue weighted by molar-refractivity contribution is 0.831. The molecule has 0 aromatic heterocycles. The zero-order chi connectivity index (χ0) is 8.72. The van der Waals surface area contributed by atoms with Crippen LogP contribution in [-0.2, 0) is 0 Å². The number of rotatable bonds is 0. The summed E-state index contributed by atoms with van der Waals surface area (Å²) in [4.78, 5) is 1.38. The van der Waals surface area contributed by atoms with E-state index in [-0.39, 0.29) is 6.04 Å². The van der Waals surface area contributed by atoms with Gasteiger partial charge in [-0.2, -0.15) is 0 Å². The van der Waals surface area contributed by atoms with Crippen molar-refractivity contribution in [2.75, 3.05) is 5.75 Å². The summed E-state index contributed by atoms with van der Waals surface area (Å²) in [5.41, 5.74) is 10.0. The predicted molar refractivity (Wildman–Crippen MR) is 53.6 cm³/mol. The summed E-state index contributed by atoms with van der Waals surface area (Å²) >= 11 is 1.87. The van der Waals surface area contributed by atoms with Gasteiger partial charge in [-0.3, -0.25) is 0 Å². The van der Waals surface area contributed by atoms with Gasteiger partial charge in [-0.1, -0.05) is 6.07 Å². The molecule has 0 fully saturated rings. The molecule has 64 valence electrons. The Labute approximate surface area is 77.3 Å². The van der Waals surface area contributed by atoms with Gasteiger partial charge < -0.3 is 5.73 Å². The van der Waals surface area contributed by atoms with E-state index in [1.165, 1.54) is 21.6 Å².